The normalized spacial score (nSPS) is 12.6. The Bertz CT molecular complexity index is 818. The van der Waals surface area contributed by atoms with Crippen molar-refractivity contribution < 1.29 is 17.6 Å². The van der Waals surface area contributed by atoms with E-state index >= 15 is 0 Å². The van der Waals surface area contributed by atoms with Crippen molar-refractivity contribution in [3.05, 3.63) is 54.0 Å². The van der Waals surface area contributed by atoms with Gasteiger partial charge in [-0.15, -0.1) is 0 Å². The third kappa shape index (κ3) is 6.32. The van der Waals surface area contributed by atoms with E-state index in [9.17, 15) is 13.2 Å². The molecule has 0 saturated heterocycles. The molecule has 2 aromatic rings. The van der Waals surface area contributed by atoms with Gasteiger partial charge >= 0.3 is 0 Å². The number of aryl methyl sites for hydroxylation is 1. The van der Waals surface area contributed by atoms with E-state index in [0.717, 1.165) is 34.1 Å². The van der Waals surface area contributed by atoms with Gasteiger partial charge in [-0.25, -0.2) is 8.42 Å². The second-order valence-electron chi connectivity index (χ2n) is 6.18. The Morgan fingerprint density at radius 1 is 1.26 bits per heavy atom. The molecule has 0 radical (unpaired) electrons. The van der Waals surface area contributed by atoms with Crippen LogP contribution in [0.5, 0.6) is 0 Å². The number of hydrogen-bond acceptors (Lipinski definition) is 5. The summed E-state index contributed by atoms with van der Waals surface area (Å²) in [5.41, 5.74) is 1.60. The van der Waals surface area contributed by atoms with Crippen LogP contribution in [0.25, 0.3) is 0 Å². The smallest absolute Gasteiger partial charge is 0.243 e. The summed E-state index contributed by atoms with van der Waals surface area (Å²) in [5.74, 6) is 2.01. The van der Waals surface area contributed by atoms with Gasteiger partial charge in [0.25, 0.3) is 0 Å². The van der Waals surface area contributed by atoms with Crippen LogP contribution < -0.4 is 9.62 Å². The molecule has 1 amide bonds. The predicted octanol–water partition coefficient (Wildman–Crippen LogP) is 3.05. The third-order valence-electron chi connectivity index (χ3n) is 4.06. The number of hydrogen-bond donors (Lipinski definition) is 1. The number of carbonyl (C=O) groups is 1. The van der Waals surface area contributed by atoms with Gasteiger partial charge in [0.05, 0.1) is 24.0 Å². The van der Waals surface area contributed by atoms with E-state index in [2.05, 4.69) is 5.32 Å². The first-order valence-electron chi connectivity index (χ1n) is 8.79. The maximum atomic E-state index is 12.5. The molecule has 148 valence electrons. The van der Waals surface area contributed by atoms with Crippen LogP contribution in [0.3, 0.4) is 0 Å². The average molecular weight is 411 g/mol. The van der Waals surface area contributed by atoms with Crippen molar-refractivity contribution in [3.63, 3.8) is 0 Å². The number of benzene rings is 1. The van der Waals surface area contributed by atoms with Gasteiger partial charge in [0.15, 0.2) is 0 Å². The first-order valence-corrected chi connectivity index (χ1v) is 11.8. The van der Waals surface area contributed by atoms with Crippen molar-refractivity contribution in [2.24, 2.45) is 0 Å². The molecule has 6 nitrogen and oxygen atoms in total. The molecular weight excluding hydrogens is 384 g/mol. The standard InChI is InChI=1S/C19H26N2O4S2/c1-4-16-7-9-17(10-8-16)21(27(3,23)24)15(2)19(22)20-11-13-26-14-18-6-5-12-25-18/h5-10,12,15H,4,11,13-14H2,1-3H3,(H,20,22)/t15-/m1/s1. The van der Waals surface area contributed by atoms with Gasteiger partial charge in [0.2, 0.25) is 15.9 Å². The van der Waals surface area contributed by atoms with Crippen molar-refractivity contribution in [3.8, 4) is 0 Å². The number of amides is 1. The number of sulfonamides is 1. The van der Waals surface area contributed by atoms with Crippen molar-refractivity contribution in [1.29, 1.82) is 0 Å². The molecular formula is C19H26N2O4S2. The maximum absolute atomic E-state index is 12.5. The summed E-state index contributed by atoms with van der Waals surface area (Å²) < 4.78 is 31.0. The zero-order chi connectivity index (χ0) is 19.9. The Labute approximate surface area is 165 Å². The molecule has 27 heavy (non-hydrogen) atoms. The molecule has 0 aliphatic carbocycles. The van der Waals surface area contributed by atoms with E-state index in [-0.39, 0.29) is 5.91 Å². The van der Waals surface area contributed by atoms with Crippen LogP contribution in [-0.2, 0) is 27.0 Å². The summed E-state index contributed by atoms with van der Waals surface area (Å²) in [6, 6.07) is 10.1. The highest BCUT2D eigenvalue weighted by Gasteiger charge is 2.28. The van der Waals surface area contributed by atoms with Crippen LogP contribution in [0.15, 0.2) is 47.1 Å². The summed E-state index contributed by atoms with van der Waals surface area (Å²) in [4.78, 5) is 12.5. The topological polar surface area (TPSA) is 79.6 Å². The minimum Gasteiger partial charge on any atom is -0.468 e. The average Bonchev–Trinajstić information content (AvgIpc) is 3.14. The van der Waals surface area contributed by atoms with Crippen LogP contribution in [-0.4, -0.2) is 38.9 Å². The van der Waals surface area contributed by atoms with Gasteiger partial charge in [0, 0.05) is 12.3 Å². The second-order valence-corrected chi connectivity index (χ2v) is 9.14. The van der Waals surface area contributed by atoms with E-state index < -0.39 is 16.1 Å². The first kappa shape index (κ1) is 21.4. The van der Waals surface area contributed by atoms with Gasteiger partial charge in [-0.05, 0) is 43.2 Å². The molecule has 0 aliphatic rings. The quantitative estimate of drug-likeness (QED) is 0.609. The van der Waals surface area contributed by atoms with Gasteiger partial charge < -0.3 is 9.73 Å². The molecule has 0 unspecified atom stereocenters. The fourth-order valence-corrected chi connectivity index (χ4v) is 4.58. The van der Waals surface area contributed by atoms with Crippen molar-refractivity contribution in [2.75, 3.05) is 22.9 Å². The van der Waals surface area contributed by atoms with Gasteiger partial charge in [-0.2, -0.15) is 11.8 Å². The van der Waals surface area contributed by atoms with Gasteiger partial charge in [-0.1, -0.05) is 19.1 Å². The Hall–Kier alpha value is -1.93. The lowest BCUT2D eigenvalue weighted by atomic mass is 10.1. The molecule has 1 atom stereocenters. The lowest BCUT2D eigenvalue weighted by Gasteiger charge is -2.28. The number of nitrogens with zero attached hydrogens (tertiary/aromatic N) is 1. The van der Waals surface area contributed by atoms with Gasteiger partial charge in [0.1, 0.15) is 11.8 Å². The van der Waals surface area contributed by atoms with Crippen molar-refractivity contribution in [2.45, 2.75) is 32.1 Å². The molecule has 1 aromatic carbocycles. The summed E-state index contributed by atoms with van der Waals surface area (Å²) in [7, 11) is -3.59. The van der Waals surface area contributed by atoms with E-state index in [1.807, 2.05) is 31.2 Å². The molecule has 0 saturated carbocycles. The van der Waals surface area contributed by atoms with Crippen LogP contribution in [0.1, 0.15) is 25.2 Å². The van der Waals surface area contributed by atoms with E-state index in [4.69, 9.17) is 4.42 Å². The Morgan fingerprint density at radius 3 is 2.52 bits per heavy atom. The van der Waals surface area contributed by atoms with Crippen LogP contribution in [0, 0.1) is 0 Å². The monoisotopic (exact) mass is 410 g/mol. The number of furan rings is 1. The lowest BCUT2D eigenvalue weighted by molar-refractivity contribution is -0.121. The number of rotatable bonds is 10. The van der Waals surface area contributed by atoms with Crippen molar-refractivity contribution in [1.82, 2.24) is 5.32 Å². The Kier molecular flexibility index (Phi) is 7.79. The molecule has 0 fully saturated rings. The van der Waals surface area contributed by atoms with Gasteiger partial charge in [-0.3, -0.25) is 9.10 Å². The molecule has 0 bridgehead atoms. The van der Waals surface area contributed by atoms with E-state index in [0.29, 0.717) is 18.0 Å². The fourth-order valence-electron chi connectivity index (χ4n) is 2.65. The number of nitrogens with one attached hydrogen (secondary N) is 1. The summed E-state index contributed by atoms with van der Waals surface area (Å²) >= 11 is 1.64. The highest BCUT2D eigenvalue weighted by Crippen LogP contribution is 2.21. The van der Waals surface area contributed by atoms with Crippen LogP contribution >= 0.6 is 11.8 Å². The highest BCUT2D eigenvalue weighted by atomic mass is 32.2. The highest BCUT2D eigenvalue weighted by molar-refractivity contribution is 7.98. The number of carbonyl (C=O) groups excluding carboxylic acids is 1. The van der Waals surface area contributed by atoms with E-state index in [1.165, 1.54) is 0 Å². The number of thioether (sulfide) groups is 1. The van der Waals surface area contributed by atoms with E-state index in [1.54, 1.807) is 37.1 Å². The lowest BCUT2D eigenvalue weighted by Crippen LogP contribution is -2.48. The molecule has 1 N–H and O–H groups in total. The second kappa shape index (κ2) is 9.85. The van der Waals surface area contributed by atoms with Crippen molar-refractivity contribution >= 4 is 33.4 Å². The zero-order valence-corrected chi connectivity index (χ0v) is 17.5. The predicted molar refractivity (Wildman–Crippen MR) is 110 cm³/mol. The number of anilines is 1. The molecule has 0 aliphatic heterocycles. The summed E-state index contributed by atoms with van der Waals surface area (Å²) in [6.07, 6.45) is 3.61. The molecule has 0 spiro atoms. The Balaban J connectivity index is 1.93. The largest absolute Gasteiger partial charge is 0.468 e. The van der Waals surface area contributed by atoms with Crippen LogP contribution in [0.4, 0.5) is 5.69 Å². The summed E-state index contributed by atoms with van der Waals surface area (Å²) in [6.45, 7) is 4.09. The summed E-state index contributed by atoms with van der Waals surface area (Å²) in [5, 5.41) is 2.81. The third-order valence-corrected chi connectivity index (χ3v) is 6.28. The SMILES string of the molecule is CCc1ccc(N([C@H](C)C(=O)NCCSCc2ccco2)S(C)(=O)=O)cc1. The minimum atomic E-state index is -3.59. The minimum absolute atomic E-state index is 0.321. The molecule has 2 rings (SSSR count). The Morgan fingerprint density at radius 2 is 1.96 bits per heavy atom. The zero-order valence-electron chi connectivity index (χ0n) is 15.8. The molecule has 1 aromatic heterocycles. The molecule has 1 heterocycles. The fraction of sp³-hybridized carbons (Fsp3) is 0.421. The molecule has 8 heteroatoms. The first-order chi connectivity index (χ1) is 12.8. The maximum Gasteiger partial charge on any atom is 0.243 e. The van der Waals surface area contributed by atoms with Crippen LogP contribution in [0.2, 0.25) is 0 Å².